The van der Waals surface area contributed by atoms with Crippen LogP contribution in [-0.4, -0.2) is 15.6 Å². The van der Waals surface area contributed by atoms with Gasteiger partial charge in [0.05, 0.1) is 17.5 Å². The number of aromatic nitrogens is 2. The van der Waals surface area contributed by atoms with Gasteiger partial charge in [-0.05, 0) is 19.4 Å². The normalized spacial score (nSPS) is 10.4. The van der Waals surface area contributed by atoms with Gasteiger partial charge >= 0.3 is 0 Å². The van der Waals surface area contributed by atoms with Crippen molar-refractivity contribution in [1.82, 2.24) is 9.78 Å². The van der Waals surface area contributed by atoms with Crippen LogP contribution in [0.5, 0.6) is 0 Å². The molecule has 0 amide bonds. The first kappa shape index (κ1) is 10.6. The van der Waals surface area contributed by atoms with E-state index < -0.39 is 0 Å². The highest BCUT2D eigenvalue weighted by molar-refractivity contribution is 6.00. The van der Waals surface area contributed by atoms with Gasteiger partial charge in [0.1, 0.15) is 0 Å². The minimum Gasteiger partial charge on any atom is -0.294 e. The molecule has 3 heteroatoms. The molecule has 1 heterocycles. The Labute approximate surface area is 94.7 Å². The van der Waals surface area contributed by atoms with Gasteiger partial charge in [-0.2, -0.15) is 5.10 Å². The van der Waals surface area contributed by atoms with E-state index in [9.17, 15) is 4.79 Å². The Morgan fingerprint density at radius 3 is 2.62 bits per heavy atom. The fraction of sp³-hybridized carbons (Fsp3) is 0.231. The molecule has 1 aromatic carbocycles. The number of rotatable bonds is 2. The molecule has 0 N–H and O–H groups in total. The first-order valence-corrected chi connectivity index (χ1v) is 5.20. The van der Waals surface area contributed by atoms with E-state index in [4.69, 9.17) is 0 Å². The molecule has 1 aromatic heterocycles. The lowest BCUT2D eigenvalue weighted by atomic mass is 10.0. The molecular weight excluding hydrogens is 200 g/mol. The van der Waals surface area contributed by atoms with Crippen LogP contribution in [0.25, 0.3) is 11.3 Å². The molecule has 0 unspecified atom stereocenters. The first-order valence-electron chi connectivity index (χ1n) is 5.20. The molecular formula is C13H14N2O. The van der Waals surface area contributed by atoms with E-state index in [2.05, 4.69) is 5.10 Å². The third-order valence-corrected chi connectivity index (χ3v) is 2.72. The van der Waals surface area contributed by atoms with E-state index in [0.29, 0.717) is 5.56 Å². The van der Waals surface area contributed by atoms with Gasteiger partial charge in [0.25, 0.3) is 0 Å². The fourth-order valence-corrected chi connectivity index (χ4v) is 1.85. The highest BCUT2D eigenvalue weighted by Gasteiger charge is 2.15. The van der Waals surface area contributed by atoms with Crippen LogP contribution in [-0.2, 0) is 7.05 Å². The highest BCUT2D eigenvalue weighted by atomic mass is 16.1. The Morgan fingerprint density at radius 2 is 2.00 bits per heavy atom. The number of hydrogen-bond acceptors (Lipinski definition) is 2. The molecule has 2 aromatic rings. The van der Waals surface area contributed by atoms with E-state index in [1.165, 1.54) is 0 Å². The zero-order chi connectivity index (χ0) is 11.7. The number of carbonyl (C=O) groups is 1. The molecule has 0 radical (unpaired) electrons. The summed E-state index contributed by atoms with van der Waals surface area (Å²) in [6.07, 6.45) is 1.63. The third kappa shape index (κ3) is 1.65. The van der Waals surface area contributed by atoms with E-state index in [0.717, 1.165) is 16.8 Å². The maximum Gasteiger partial charge on any atom is 0.163 e. The summed E-state index contributed by atoms with van der Waals surface area (Å²) >= 11 is 0. The second kappa shape index (κ2) is 3.93. The number of hydrogen-bond donors (Lipinski definition) is 0. The second-order valence-corrected chi connectivity index (χ2v) is 3.90. The predicted octanol–water partition coefficient (Wildman–Crippen LogP) is 2.60. The Balaban J connectivity index is 2.68. The quantitative estimate of drug-likeness (QED) is 0.720. The average molecular weight is 214 g/mol. The first-order chi connectivity index (χ1) is 7.61. The molecule has 0 aliphatic heterocycles. The Bertz CT molecular complexity index is 541. The lowest BCUT2D eigenvalue weighted by Crippen LogP contribution is -1.99. The van der Waals surface area contributed by atoms with E-state index in [-0.39, 0.29) is 5.78 Å². The van der Waals surface area contributed by atoms with Crippen LogP contribution >= 0.6 is 0 Å². The monoisotopic (exact) mass is 214 g/mol. The predicted molar refractivity (Wildman–Crippen MR) is 63.4 cm³/mol. The summed E-state index contributed by atoms with van der Waals surface area (Å²) in [5, 5.41) is 4.15. The summed E-state index contributed by atoms with van der Waals surface area (Å²) in [6, 6.07) is 8.01. The second-order valence-electron chi connectivity index (χ2n) is 3.90. The Morgan fingerprint density at radius 1 is 1.31 bits per heavy atom. The highest BCUT2D eigenvalue weighted by Crippen LogP contribution is 2.26. The van der Waals surface area contributed by atoms with E-state index in [1.807, 2.05) is 38.2 Å². The molecule has 0 bridgehead atoms. The van der Waals surface area contributed by atoms with Crippen molar-refractivity contribution in [1.29, 1.82) is 0 Å². The summed E-state index contributed by atoms with van der Waals surface area (Å²) in [7, 11) is 1.86. The van der Waals surface area contributed by atoms with Crippen molar-refractivity contribution in [2.75, 3.05) is 0 Å². The SMILES string of the molecule is CC(=O)c1cnn(C)c1-c1ccccc1C. The van der Waals surface area contributed by atoms with Crippen molar-refractivity contribution >= 4 is 5.78 Å². The summed E-state index contributed by atoms with van der Waals surface area (Å²) in [6.45, 7) is 3.60. The molecule has 0 atom stereocenters. The van der Waals surface area contributed by atoms with Crippen LogP contribution in [0.3, 0.4) is 0 Å². The van der Waals surface area contributed by atoms with Gasteiger partial charge in [0, 0.05) is 12.6 Å². The summed E-state index contributed by atoms with van der Waals surface area (Å²) in [4.78, 5) is 11.5. The van der Waals surface area contributed by atoms with Crippen molar-refractivity contribution in [3.05, 3.63) is 41.6 Å². The smallest absolute Gasteiger partial charge is 0.163 e. The molecule has 0 fully saturated rings. The van der Waals surface area contributed by atoms with E-state index >= 15 is 0 Å². The zero-order valence-electron chi connectivity index (χ0n) is 9.69. The van der Waals surface area contributed by atoms with Gasteiger partial charge < -0.3 is 0 Å². The van der Waals surface area contributed by atoms with Crippen LogP contribution in [0, 0.1) is 6.92 Å². The third-order valence-electron chi connectivity index (χ3n) is 2.72. The van der Waals surface area contributed by atoms with Crippen molar-refractivity contribution in [3.63, 3.8) is 0 Å². The molecule has 2 rings (SSSR count). The van der Waals surface area contributed by atoms with Gasteiger partial charge in [-0.15, -0.1) is 0 Å². The number of benzene rings is 1. The molecule has 0 aliphatic carbocycles. The molecule has 0 saturated heterocycles. The molecule has 0 spiro atoms. The lowest BCUT2D eigenvalue weighted by Gasteiger charge is -2.07. The number of aryl methyl sites for hydroxylation is 2. The zero-order valence-corrected chi connectivity index (χ0v) is 9.69. The molecule has 3 nitrogen and oxygen atoms in total. The summed E-state index contributed by atoms with van der Waals surface area (Å²) in [5.74, 6) is 0.0475. The standard InChI is InChI=1S/C13H14N2O/c1-9-6-4-5-7-11(9)13-12(10(2)16)8-14-15(13)3/h4-8H,1-3H3. The van der Waals surface area contributed by atoms with Gasteiger partial charge in [-0.25, -0.2) is 0 Å². The molecule has 16 heavy (non-hydrogen) atoms. The van der Waals surface area contributed by atoms with Crippen LogP contribution in [0.4, 0.5) is 0 Å². The van der Waals surface area contributed by atoms with Crippen molar-refractivity contribution < 1.29 is 4.79 Å². The minimum atomic E-state index is 0.0475. The van der Waals surface area contributed by atoms with Crippen LogP contribution in [0.1, 0.15) is 22.8 Å². The van der Waals surface area contributed by atoms with Gasteiger partial charge in [0.2, 0.25) is 0 Å². The number of Topliss-reactive ketones (excluding diaryl/α,β-unsaturated/α-hetero) is 1. The average Bonchev–Trinajstić information content (AvgIpc) is 2.61. The minimum absolute atomic E-state index is 0.0475. The van der Waals surface area contributed by atoms with Crippen molar-refractivity contribution in [2.45, 2.75) is 13.8 Å². The Hall–Kier alpha value is -1.90. The fourth-order valence-electron chi connectivity index (χ4n) is 1.85. The van der Waals surface area contributed by atoms with E-state index in [1.54, 1.807) is 17.8 Å². The number of nitrogens with zero attached hydrogens (tertiary/aromatic N) is 2. The summed E-state index contributed by atoms with van der Waals surface area (Å²) in [5.41, 5.74) is 3.78. The lowest BCUT2D eigenvalue weighted by molar-refractivity contribution is 0.101. The van der Waals surface area contributed by atoms with Crippen LogP contribution in [0.2, 0.25) is 0 Å². The Kier molecular flexibility index (Phi) is 2.60. The number of ketones is 1. The van der Waals surface area contributed by atoms with Gasteiger partial charge in [-0.3, -0.25) is 9.48 Å². The van der Waals surface area contributed by atoms with Crippen LogP contribution in [0.15, 0.2) is 30.5 Å². The maximum absolute atomic E-state index is 11.5. The molecule has 0 aliphatic rings. The maximum atomic E-state index is 11.5. The van der Waals surface area contributed by atoms with Crippen LogP contribution < -0.4 is 0 Å². The molecule has 82 valence electrons. The number of carbonyl (C=O) groups excluding carboxylic acids is 1. The van der Waals surface area contributed by atoms with Gasteiger partial charge in [0.15, 0.2) is 5.78 Å². The molecule has 0 saturated carbocycles. The van der Waals surface area contributed by atoms with Gasteiger partial charge in [-0.1, -0.05) is 24.3 Å². The van der Waals surface area contributed by atoms with Crippen molar-refractivity contribution in [3.8, 4) is 11.3 Å². The largest absolute Gasteiger partial charge is 0.294 e. The van der Waals surface area contributed by atoms with Crippen molar-refractivity contribution in [2.24, 2.45) is 7.05 Å². The summed E-state index contributed by atoms with van der Waals surface area (Å²) < 4.78 is 1.75. The topological polar surface area (TPSA) is 34.9 Å².